The molecule has 0 spiro atoms. The van der Waals surface area contributed by atoms with Crippen LogP contribution in [0.2, 0.25) is 0 Å². The number of benzene rings is 2. The number of methoxy groups -OCH3 is 2. The van der Waals surface area contributed by atoms with Crippen LogP contribution < -0.4 is 19.5 Å². The first-order valence-corrected chi connectivity index (χ1v) is 9.39. The zero-order chi connectivity index (χ0) is 22.3. The number of nitriles is 1. The highest BCUT2D eigenvalue weighted by Gasteiger charge is 2.17. The average Bonchev–Trinajstić information content (AvgIpc) is 2.73. The van der Waals surface area contributed by atoms with E-state index in [-0.39, 0.29) is 22.7 Å². The molecular weight excluding hydrogens is 458 g/mol. The summed E-state index contributed by atoms with van der Waals surface area (Å²) in [7, 11) is 2.84. The van der Waals surface area contributed by atoms with E-state index in [9.17, 15) is 20.2 Å². The van der Waals surface area contributed by atoms with Gasteiger partial charge >= 0.3 is 0 Å². The molecule has 1 N–H and O–H groups in total. The van der Waals surface area contributed by atoms with Gasteiger partial charge in [0.2, 0.25) is 0 Å². The molecular formula is C20H18BrN3O6. The van der Waals surface area contributed by atoms with Gasteiger partial charge in [0.05, 0.1) is 35.9 Å². The highest BCUT2D eigenvalue weighted by atomic mass is 79.9. The Morgan fingerprint density at radius 1 is 1.27 bits per heavy atom. The van der Waals surface area contributed by atoms with E-state index in [1.54, 1.807) is 12.1 Å². The largest absolute Gasteiger partial charge is 0.495 e. The van der Waals surface area contributed by atoms with Crippen LogP contribution in [0.15, 0.2) is 40.4 Å². The number of nitrogens with one attached hydrogen (secondary N) is 1. The maximum atomic E-state index is 12.6. The fraction of sp³-hybridized carbons (Fsp3) is 0.200. The van der Waals surface area contributed by atoms with Crippen molar-refractivity contribution in [2.24, 2.45) is 0 Å². The van der Waals surface area contributed by atoms with Gasteiger partial charge in [-0.15, -0.1) is 0 Å². The van der Waals surface area contributed by atoms with Gasteiger partial charge in [0.15, 0.2) is 11.5 Å². The molecule has 0 saturated heterocycles. The third kappa shape index (κ3) is 5.27. The second-order valence-corrected chi connectivity index (χ2v) is 6.59. The SMILES string of the molecule is CCOc1c(Br)cc(/C=C(\C#N)C(=O)Nc2cc([N+](=O)[O-])ccc2OC)cc1OC. The van der Waals surface area contributed by atoms with Crippen molar-refractivity contribution in [3.05, 3.63) is 56.1 Å². The van der Waals surface area contributed by atoms with Gasteiger partial charge in [0, 0.05) is 12.1 Å². The first-order valence-electron chi connectivity index (χ1n) is 8.60. The molecule has 1 amide bonds. The van der Waals surface area contributed by atoms with Gasteiger partial charge in [-0.25, -0.2) is 0 Å². The summed E-state index contributed by atoms with van der Waals surface area (Å²) in [5.41, 5.74) is 0.138. The number of carbonyl (C=O) groups excluding carboxylic acids is 1. The van der Waals surface area contributed by atoms with E-state index >= 15 is 0 Å². The molecule has 0 aliphatic rings. The second kappa shape index (κ2) is 10.3. The summed E-state index contributed by atoms with van der Waals surface area (Å²) in [5, 5.41) is 22.9. The predicted molar refractivity (Wildman–Crippen MR) is 114 cm³/mol. The molecule has 0 aliphatic carbocycles. The lowest BCUT2D eigenvalue weighted by Crippen LogP contribution is -2.14. The summed E-state index contributed by atoms with van der Waals surface area (Å²) >= 11 is 3.38. The fourth-order valence-electron chi connectivity index (χ4n) is 2.52. The van der Waals surface area contributed by atoms with Crippen LogP contribution in [-0.2, 0) is 4.79 Å². The lowest BCUT2D eigenvalue weighted by atomic mass is 10.1. The van der Waals surface area contributed by atoms with Crippen LogP contribution in [0.4, 0.5) is 11.4 Å². The van der Waals surface area contributed by atoms with Crippen molar-refractivity contribution < 1.29 is 23.9 Å². The number of hydrogen-bond donors (Lipinski definition) is 1. The summed E-state index contributed by atoms with van der Waals surface area (Å²) < 4.78 is 16.5. The Kier molecular flexibility index (Phi) is 7.77. The minimum Gasteiger partial charge on any atom is -0.495 e. The Bertz CT molecular complexity index is 1050. The average molecular weight is 476 g/mol. The van der Waals surface area contributed by atoms with E-state index in [0.717, 1.165) is 6.07 Å². The molecule has 0 aliphatic heterocycles. The highest BCUT2D eigenvalue weighted by Crippen LogP contribution is 2.37. The van der Waals surface area contributed by atoms with E-state index < -0.39 is 10.8 Å². The van der Waals surface area contributed by atoms with Crippen molar-refractivity contribution in [2.45, 2.75) is 6.92 Å². The van der Waals surface area contributed by atoms with E-state index in [2.05, 4.69) is 21.2 Å². The minimum absolute atomic E-state index is 0.0725. The Hall–Kier alpha value is -3.58. The molecule has 0 bridgehead atoms. The summed E-state index contributed by atoms with van der Waals surface area (Å²) in [4.78, 5) is 23.0. The molecule has 10 heteroatoms. The van der Waals surface area contributed by atoms with Gasteiger partial charge in [0.25, 0.3) is 11.6 Å². The minimum atomic E-state index is -0.750. The number of rotatable bonds is 8. The van der Waals surface area contributed by atoms with Crippen molar-refractivity contribution in [2.75, 3.05) is 26.1 Å². The number of carbonyl (C=O) groups is 1. The molecule has 2 aromatic carbocycles. The molecule has 0 unspecified atom stereocenters. The first-order chi connectivity index (χ1) is 14.3. The van der Waals surface area contributed by atoms with Crippen molar-refractivity contribution in [3.63, 3.8) is 0 Å². The van der Waals surface area contributed by atoms with E-state index in [1.165, 1.54) is 32.4 Å². The smallest absolute Gasteiger partial charge is 0.271 e. The third-order valence-corrected chi connectivity index (χ3v) is 4.45. The number of anilines is 1. The summed E-state index contributed by atoms with van der Waals surface area (Å²) in [6.45, 7) is 2.26. The highest BCUT2D eigenvalue weighted by molar-refractivity contribution is 9.10. The van der Waals surface area contributed by atoms with Gasteiger partial charge < -0.3 is 19.5 Å². The van der Waals surface area contributed by atoms with E-state index in [4.69, 9.17) is 14.2 Å². The fourth-order valence-corrected chi connectivity index (χ4v) is 3.09. The Morgan fingerprint density at radius 2 is 1.97 bits per heavy atom. The van der Waals surface area contributed by atoms with Gasteiger partial charge in [-0.2, -0.15) is 5.26 Å². The maximum Gasteiger partial charge on any atom is 0.271 e. The number of nitro groups is 1. The number of nitro benzene ring substituents is 1. The number of nitrogens with zero attached hydrogens (tertiary/aromatic N) is 2. The molecule has 0 saturated carbocycles. The predicted octanol–water partition coefficient (Wildman–Crippen LogP) is 4.32. The molecule has 2 aromatic rings. The molecule has 0 aromatic heterocycles. The van der Waals surface area contributed by atoms with Crippen LogP contribution in [0.1, 0.15) is 12.5 Å². The maximum absolute atomic E-state index is 12.6. The molecule has 0 radical (unpaired) electrons. The number of non-ortho nitro benzene ring substituents is 1. The Labute approximate surface area is 181 Å². The third-order valence-electron chi connectivity index (χ3n) is 3.86. The molecule has 9 nitrogen and oxygen atoms in total. The van der Waals surface area contributed by atoms with Gasteiger partial charge in [-0.1, -0.05) is 0 Å². The van der Waals surface area contributed by atoms with Crippen molar-refractivity contribution >= 4 is 39.3 Å². The van der Waals surface area contributed by atoms with Crippen LogP contribution >= 0.6 is 15.9 Å². The summed E-state index contributed by atoms with van der Waals surface area (Å²) in [6, 6.07) is 8.88. The van der Waals surface area contributed by atoms with Gasteiger partial charge in [-0.05, 0) is 52.7 Å². The van der Waals surface area contributed by atoms with Crippen LogP contribution in [-0.4, -0.2) is 31.7 Å². The van der Waals surface area contributed by atoms with Crippen LogP contribution in [0, 0.1) is 21.4 Å². The molecule has 156 valence electrons. The second-order valence-electron chi connectivity index (χ2n) is 5.73. The quantitative estimate of drug-likeness (QED) is 0.261. The van der Waals surface area contributed by atoms with Crippen LogP contribution in [0.3, 0.4) is 0 Å². The molecule has 0 heterocycles. The number of hydrogen-bond acceptors (Lipinski definition) is 7. The topological polar surface area (TPSA) is 124 Å². The molecule has 0 atom stereocenters. The molecule has 30 heavy (non-hydrogen) atoms. The zero-order valence-electron chi connectivity index (χ0n) is 16.4. The standard InChI is InChI=1S/C20H18BrN3O6/c1-4-30-19-15(21)8-12(9-18(19)29-3)7-13(11-22)20(25)23-16-10-14(24(26)27)5-6-17(16)28-2/h5-10H,4H2,1-3H3,(H,23,25)/b13-7+. The van der Waals surface area contributed by atoms with Crippen molar-refractivity contribution in [3.8, 4) is 23.3 Å². The first kappa shape index (κ1) is 22.7. The van der Waals surface area contributed by atoms with Gasteiger partial charge in [0.1, 0.15) is 17.4 Å². The lowest BCUT2D eigenvalue weighted by Gasteiger charge is -2.12. The Balaban J connectivity index is 2.39. The number of ether oxygens (including phenoxy) is 3. The zero-order valence-corrected chi connectivity index (χ0v) is 18.0. The van der Waals surface area contributed by atoms with Crippen molar-refractivity contribution in [1.29, 1.82) is 5.26 Å². The Morgan fingerprint density at radius 3 is 2.53 bits per heavy atom. The number of amides is 1. The normalized spacial score (nSPS) is 10.7. The van der Waals surface area contributed by atoms with Crippen molar-refractivity contribution in [1.82, 2.24) is 0 Å². The molecule has 0 fully saturated rings. The van der Waals surface area contributed by atoms with Crippen LogP contribution in [0.25, 0.3) is 6.08 Å². The molecule has 2 rings (SSSR count). The van der Waals surface area contributed by atoms with Crippen LogP contribution in [0.5, 0.6) is 17.2 Å². The van der Waals surface area contributed by atoms with E-state index in [1.807, 2.05) is 13.0 Å². The lowest BCUT2D eigenvalue weighted by molar-refractivity contribution is -0.384. The monoisotopic (exact) mass is 475 g/mol. The van der Waals surface area contributed by atoms with E-state index in [0.29, 0.717) is 28.1 Å². The number of halogens is 1. The van der Waals surface area contributed by atoms with Gasteiger partial charge in [-0.3, -0.25) is 14.9 Å². The summed E-state index contributed by atoms with van der Waals surface area (Å²) in [6.07, 6.45) is 1.36. The summed E-state index contributed by atoms with van der Waals surface area (Å²) in [5.74, 6) is 0.397.